The molecule has 1 aromatic heterocycles. The maximum Gasteiger partial charge on any atom is 0.190 e. The fraction of sp³-hybridized carbons (Fsp3) is 0.737. The van der Waals surface area contributed by atoms with Crippen LogP contribution >= 0.6 is 11.3 Å². The molecule has 0 amide bonds. The van der Waals surface area contributed by atoms with Crippen molar-refractivity contribution in [1.29, 1.82) is 0 Å². The van der Waals surface area contributed by atoms with Gasteiger partial charge in [0, 0.05) is 38.1 Å². The summed E-state index contributed by atoms with van der Waals surface area (Å²) in [6.07, 6.45) is 5.07. The molecular weight excluding hydrogens is 316 g/mol. The Labute approximate surface area is 151 Å². The predicted octanol–water partition coefficient (Wildman–Crippen LogP) is 3.56. The van der Waals surface area contributed by atoms with Gasteiger partial charge in [0.1, 0.15) is 0 Å². The first-order valence-electron chi connectivity index (χ1n) is 9.44. The highest BCUT2D eigenvalue weighted by Gasteiger charge is 2.20. The van der Waals surface area contributed by atoms with Crippen LogP contribution in [0.15, 0.2) is 22.5 Å². The minimum Gasteiger partial charge on any atom is -0.356 e. The van der Waals surface area contributed by atoms with Crippen molar-refractivity contribution in [3.8, 4) is 0 Å². The van der Waals surface area contributed by atoms with E-state index < -0.39 is 0 Å². The highest BCUT2D eigenvalue weighted by molar-refractivity contribution is 7.09. The lowest BCUT2D eigenvalue weighted by atomic mass is 9.98. The molecule has 4 nitrogen and oxygen atoms in total. The van der Waals surface area contributed by atoms with Crippen LogP contribution in [0.4, 0.5) is 0 Å². The molecule has 1 aromatic rings. The van der Waals surface area contributed by atoms with Gasteiger partial charge in [-0.1, -0.05) is 32.8 Å². The van der Waals surface area contributed by atoms with E-state index in [-0.39, 0.29) is 0 Å². The van der Waals surface area contributed by atoms with Crippen molar-refractivity contribution in [3.05, 3.63) is 22.4 Å². The first kappa shape index (κ1) is 19.3. The van der Waals surface area contributed by atoms with Gasteiger partial charge < -0.3 is 10.6 Å². The summed E-state index contributed by atoms with van der Waals surface area (Å²) in [4.78, 5) is 8.45. The van der Waals surface area contributed by atoms with E-state index in [1.165, 1.54) is 43.6 Å². The number of thiophene rings is 1. The Balaban J connectivity index is 1.71. The van der Waals surface area contributed by atoms with Gasteiger partial charge in [0.2, 0.25) is 0 Å². The maximum atomic E-state index is 4.38. The summed E-state index contributed by atoms with van der Waals surface area (Å²) >= 11 is 1.87. The Morgan fingerprint density at radius 1 is 1.38 bits per heavy atom. The summed E-state index contributed by atoms with van der Waals surface area (Å²) in [6, 6.07) is 4.40. The fourth-order valence-corrected chi connectivity index (χ4v) is 4.11. The Morgan fingerprint density at radius 2 is 2.21 bits per heavy atom. The Morgan fingerprint density at radius 3 is 2.88 bits per heavy atom. The van der Waals surface area contributed by atoms with Gasteiger partial charge in [-0.3, -0.25) is 9.89 Å². The second kappa shape index (κ2) is 10.7. The molecule has 1 saturated heterocycles. The molecule has 1 atom stereocenters. The van der Waals surface area contributed by atoms with E-state index in [1.54, 1.807) is 0 Å². The zero-order valence-corrected chi connectivity index (χ0v) is 16.4. The van der Waals surface area contributed by atoms with E-state index >= 15 is 0 Å². The largest absolute Gasteiger partial charge is 0.356 e. The van der Waals surface area contributed by atoms with E-state index in [4.69, 9.17) is 0 Å². The van der Waals surface area contributed by atoms with Crippen LogP contribution < -0.4 is 10.6 Å². The molecule has 24 heavy (non-hydrogen) atoms. The maximum absolute atomic E-state index is 4.38. The molecule has 1 aliphatic heterocycles. The number of nitrogens with one attached hydrogen (secondary N) is 2. The smallest absolute Gasteiger partial charge is 0.190 e. The lowest BCUT2D eigenvalue weighted by Gasteiger charge is -2.32. The summed E-state index contributed by atoms with van der Waals surface area (Å²) in [6.45, 7) is 10.1. The van der Waals surface area contributed by atoms with E-state index in [0.717, 1.165) is 31.5 Å². The summed E-state index contributed by atoms with van der Waals surface area (Å²) in [5.74, 6) is 2.40. The molecule has 0 saturated carbocycles. The van der Waals surface area contributed by atoms with Crippen molar-refractivity contribution < 1.29 is 0 Å². The monoisotopic (exact) mass is 350 g/mol. The molecule has 2 N–H and O–H groups in total. The van der Waals surface area contributed by atoms with E-state index in [9.17, 15) is 0 Å². The molecule has 2 rings (SSSR count). The Hall–Kier alpha value is -1.07. The molecule has 1 unspecified atom stereocenters. The second-order valence-corrected chi connectivity index (χ2v) is 7.87. The average molecular weight is 351 g/mol. The molecule has 5 heteroatoms. The van der Waals surface area contributed by atoms with Crippen LogP contribution in [0.25, 0.3) is 0 Å². The third-order valence-electron chi connectivity index (χ3n) is 5.06. The summed E-state index contributed by atoms with van der Waals surface area (Å²) in [7, 11) is 1.87. The van der Waals surface area contributed by atoms with Crippen LogP contribution in [0.3, 0.4) is 0 Å². The lowest BCUT2D eigenvalue weighted by molar-refractivity contribution is 0.169. The van der Waals surface area contributed by atoms with Crippen molar-refractivity contribution in [2.75, 3.05) is 33.2 Å². The SMILES string of the molecule is CCC(CC)CNC(=NC)NCC1CCCN(Cc2cccs2)C1. The Bertz CT molecular complexity index is 468. The number of aliphatic imine (C=N–C) groups is 1. The topological polar surface area (TPSA) is 39.7 Å². The molecule has 136 valence electrons. The van der Waals surface area contributed by atoms with Crippen molar-refractivity contribution in [2.24, 2.45) is 16.8 Å². The first-order valence-corrected chi connectivity index (χ1v) is 10.3. The molecule has 1 fully saturated rings. The van der Waals surface area contributed by atoms with E-state index in [0.29, 0.717) is 5.92 Å². The normalized spacial score (nSPS) is 19.7. The van der Waals surface area contributed by atoms with E-state index in [2.05, 4.69) is 51.9 Å². The van der Waals surface area contributed by atoms with E-state index in [1.807, 2.05) is 18.4 Å². The van der Waals surface area contributed by atoms with Gasteiger partial charge in [0.25, 0.3) is 0 Å². The molecule has 0 radical (unpaired) electrons. The summed E-state index contributed by atoms with van der Waals surface area (Å²) in [5.41, 5.74) is 0. The third-order valence-corrected chi connectivity index (χ3v) is 5.92. The van der Waals surface area contributed by atoms with Crippen molar-refractivity contribution >= 4 is 17.3 Å². The molecule has 1 aliphatic rings. The van der Waals surface area contributed by atoms with Crippen LogP contribution in [0, 0.1) is 11.8 Å². The highest BCUT2D eigenvalue weighted by Crippen LogP contribution is 2.19. The van der Waals surface area contributed by atoms with Crippen molar-refractivity contribution in [3.63, 3.8) is 0 Å². The average Bonchev–Trinajstić information content (AvgIpc) is 3.11. The van der Waals surface area contributed by atoms with Gasteiger partial charge >= 0.3 is 0 Å². The van der Waals surface area contributed by atoms with Gasteiger partial charge in [0.15, 0.2) is 5.96 Å². The fourth-order valence-electron chi connectivity index (χ4n) is 3.36. The van der Waals surface area contributed by atoms with Gasteiger partial charge in [-0.15, -0.1) is 11.3 Å². The first-order chi connectivity index (χ1) is 11.7. The highest BCUT2D eigenvalue weighted by atomic mass is 32.1. The molecule has 0 aromatic carbocycles. The van der Waals surface area contributed by atoms with Gasteiger partial charge in [-0.2, -0.15) is 0 Å². The lowest BCUT2D eigenvalue weighted by Crippen LogP contribution is -2.45. The molecular formula is C19H34N4S. The number of guanidine groups is 1. The number of rotatable bonds is 8. The number of piperidine rings is 1. The van der Waals surface area contributed by atoms with Crippen LogP contribution in [-0.4, -0.2) is 44.1 Å². The number of hydrogen-bond acceptors (Lipinski definition) is 3. The van der Waals surface area contributed by atoms with Crippen molar-refractivity contribution in [2.45, 2.75) is 46.1 Å². The molecule has 0 bridgehead atoms. The molecule has 2 heterocycles. The van der Waals surface area contributed by atoms with Gasteiger partial charge in [0.05, 0.1) is 0 Å². The Kier molecular flexibility index (Phi) is 8.60. The number of likely N-dealkylation sites (tertiary alicyclic amines) is 1. The number of nitrogens with zero attached hydrogens (tertiary/aromatic N) is 2. The quantitative estimate of drug-likeness (QED) is 0.556. The number of hydrogen-bond donors (Lipinski definition) is 2. The van der Waals surface area contributed by atoms with Gasteiger partial charge in [-0.25, -0.2) is 0 Å². The molecule has 0 spiro atoms. The van der Waals surface area contributed by atoms with Crippen LogP contribution in [0.1, 0.15) is 44.4 Å². The predicted molar refractivity (Wildman–Crippen MR) is 106 cm³/mol. The standard InChI is InChI=1S/C19H34N4S/c1-4-16(5-2)12-21-19(20-3)22-13-17-8-6-10-23(14-17)15-18-9-7-11-24-18/h7,9,11,16-17H,4-6,8,10,12-15H2,1-3H3,(H2,20,21,22). The second-order valence-electron chi connectivity index (χ2n) is 6.84. The van der Waals surface area contributed by atoms with Gasteiger partial charge in [-0.05, 0) is 42.7 Å². The van der Waals surface area contributed by atoms with Crippen LogP contribution in [0.5, 0.6) is 0 Å². The minimum absolute atomic E-state index is 0.713. The van der Waals surface area contributed by atoms with Crippen LogP contribution in [0.2, 0.25) is 0 Å². The van der Waals surface area contributed by atoms with Crippen molar-refractivity contribution in [1.82, 2.24) is 15.5 Å². The zero-order valence-electron chi connectivity index (χ0n) is 15.6. The van der Waals surface area contributed by atoms with Crippen LogP contribution in [-0.2, 0) is 6.54 Å². The summed E-state index contributed by atoms with van der Waals surface area (Å²) < 4.78 is 0. The zero-order chi connectivity index (χ0) is 17.2. The minimum atomic E-state index is 0.713. The third kappa shape index (κ3) is 6.44. The summed E-state index contributed by atoms with van der Waals surface area (Å²) in [5, 5.41) is 9.20. The molecule has 0 aliphatic carbocycles.